The van der Waals surface area contributed by atoms with Gasteiger partial charge in [0.2, 0.25) is 0 Å². The van der Waals surface area contributed by atoms with E-state index in [0.29, 0.717) is 5.56 Å². The minimum Gasteiger partial charge on any atom is -0.489 e. The third-order valence-electron chi connectivity index (χ3n) is 8.19. The van der Waals surface area contributed by atoms with Gasteiger partial charge in [-0.25, -0.2) is 4.79 Å². The highest BCUT2D eigenvalue weighted by Crippen LogP contribution is 2.57. The van der Waals surface area contributed by atoms with Crippen LogP contribution in [0.5, 0.6) is 5.75 Å². The molecule has 1 heterocycles. The van der Waals surface area contributed by atoms with Gasteiger partial charge in [0.05, 0.1) is 11.0 Å². The van der Waals surface area contributed by atoms with Crippen molar-refractivity contribution in [2.24, 2.45) is 0 Å². The maximum Gasteiger partial charge on any atom is 0.335 e. The Morgan fingerprint density at radius 3 is 2.17 bits per heavy atom. The fourth-order valence-corrected chi connectivity index (χ4v) is 6.20. The van der Waals surface area contributed by atoms with E-state index in [9.17, 15) is 9.90 Å². The highest BCUT2D eigenvalue weighted by atomic mass is 16.5. The van der Waals surface area contributed by atoms with Gasteiger partial charge in [0.1, 0.15) is 11.9 Å². The molecule has 158 valence electrons. The molecule has 0 aromatic heterocycles. The zero-order chi connectivity index (χ0) is 21.3. The van der Waals surface area contributed by atoms with Crippen LogP contribution in [-0.2, 0) is 16.2 Å². The van der Waals surface area contributed by atoms with E-state index in [2.05, 4.69) is 39.8 Å². The molecule has 0 unspecified atom stereocenters. The minimum atomic E-state index is -0.875. The number of rotatable bonds is 2. The van der Waals surface area contributed by atoms with E-state index in [-0.39, 0.29) is 22.3 Å². The lowest BCUT2D eigenvalue weighted by Gasteiger charge is -2.43. The molecule has 1 N–H and O–H groups in total. The zero-order valence-electron chi connectivity index (χ0n) is 18.5. The van der Waals surface area contributed by atoms with E-state index >= 15 is 0 Å². The summed E-state index contributed by atoms with van der Waals surface area (Å²) in [7, 11) is 0. The Balaban J connectivity index is 1.72. The molecule has 2 aromatic carbocycles. The quantitative estimate of drug-likeness (QED) is 0.634. The normalized spacial score (nSPS) is 28.1. The lowest BCUT2D eigenvalue weighted by atomic mass is 9.60. The van der Waals surface area contributed by atoms with Crippen LogP contribution in [0, 0.1) is 0 Å². The van der Waals surface area contributed by atoms with Crippen LogP contribution >= 0.6 is 0 Å². The standard InChI is InChI=1S/C27H32O3/c1-25(2)13-14-26(3,4)20-16-22-21(15-19(20)25)27(12-6-5-7-23(27)30-22)18-10-8-17(9-11-18)24(28)29/h8-11,15-16,23H,5-7,12-14H2,1-4H3,(H,28,29)/t23-,27+/m0/s1. The Bertz CT molecular complexity index is 1020. The molecule has 3 nitrogen and oxygen atoms in total. The predicted molar refractivity (Wildman–Crippen MR) is 119 cm³/mol. The first kappa shape index (κ1) is 19.7. The second-order valence-corrected chi connectivity index (χ2v) is 10.9. The maximum absolute atomic E-state index is 11.4. The van der Waals surface area contributed by atoms with E-state index < -0.39 is 5.97 Å². The molecule has 0 spiro atoms. The number of ether oxygens (including phenoxy) is 1. The Kier molecular flexibility index (Phi) is 4.16. The van der Waals surface area contributed by atoms with Crippen LogP contribution in [0.15, 0.2) is 36.4 Å². The summed E-state index contributed by atoms with van der Waals surface area (Å²) in [5, 5.41) is 9.34. The molecule has 2 aliphatic carbocycles. The van der Waals surface area contributed by atoms with Gasteiger partial charge in [-0.15, -0.1) is 0 Å². The van der Waals surface area contributed by atoms with Crippen molar-refractivity contribution in [3.8, 4) is 5.75 Å². The van der Waals surface area contributed by atoms with Crippen molar-refractivity contribution >= 4 is 5.97 Å². The SMILES string of the molecule is CC1(C)CCC(C)(C)c2cc3c(cc21)O[C@H]1CCCC[C@@]31c1ccc(C(=O)O)cc1. The summed E-state index contributed by atoms with van der Waals surface area (Å²) < 4.78 is 6.66. The van der Waals surface area contributed by atoms with Crippen LogP contribution in [-0.4, -0.2) is 17.2 Å². The first-order valence-corrected chi connectivity index (χ1v) is 11.4. The van der Waals surface area contributed by atoms with Gasteiger partial charge in [0, 0.05) is 5.56 Å². The number of carboxylic acids is 1. The Morgan fingerprint density at radius 2 is 1.53 bits per heavy atom. The van der Waals surface area contributed by atoms with E-state index in [1.54, 1.807) is 12.1 Å². The smallest absolute Gasteiger partial charge is 0.335 e. The Hall–Kier alpha value is -2.29. The molecule has 0 amide bonds. The van der Waals surface area contributed by atoms with Gasteiger partial charge in [0.25, 0.3) is 0 Å². The largest absolute Gasteiger partial charge is 0.489 e. The Morgan fingerprint density at radius 1 is 0.900 bits per heavy atom. The third kappa shape index (κ3) is 2.67. The van der Waals surface area contributed by atoms with Gasteiger partial charge in [-0.05, 0) is 77.8 Å². The molecule has 3 heteroatoms. The third-order valence-corrected chi connectivity index (χ3v) is 8.19. The molecule has 0 saturated heterocycles. The number of carboxylic acid groups (broad SMARTS) is 1. The monoisotopic (exact) mass is 404 g/mol. The first-order chi connectivity index (χ1) is 14.1. The van der Waals surface area contributed by atoms with Crippen LogP contribution < -0.4 is 4.74 Å². The van der Waals surface area contributed by atoms with E-state index in [1.165, 1.54) is 47.9 Å². The second kappa shape index (κ2) is 6.35. The molecule has 1 aliphatic heterocycles. The van der Waals surface area contributed by atoms with Crippen molar-refractivity contribution in [2.45, 2.75) is 88.6 Å². The molecule has 1 saturated carbocycles. The molecular formula is C27H32O3. The van der Waals surface area contributed by atoms with E-state index in [1.807, 2.05) is 12.1 Å². The zero-order valence-corrected chi connectivity index (χ0v) is 18.5. The minimum absolute atomic E-state index is 0.131. The van der Waals surface area contributed by atoms with Crippen LogP contribution in [0.2, 0.25) is 0 Å². The number of hydrogen-bond donors (Lipinski definition) is 1. The molecule has 3 aliphatic rings. The van der Waals surface area contributed by atoms with Crippen LogP contribution in [0.1, 0.15) is 98.8 Å². The van der Waals surface area contributed by atoms with Crippen molar-refractivity contribution in [1.29, 1.82) is 0 Å². The maximum atomic E-state index is 11.4. The van der Waals surface area contributed by atoms with Crippen molar-refractivity contribution in [3.05, 3.63) is 64.2 Å². The molecule has 2 aromatic rings. The summed E-state index contributed by atoms with van der Waals surface area (Å²) in [5.74, 6) is 0.175. The summed E-state index contributed by atoms with van der Waals surface area (Å²) in [6, 6.07) is 12.4. The van der Waals surface area contributed by atoms with Gasteiger partial charge in [-0.3, -0.25) is 0 Å². The van der Waals surface area contributed by atoms with Crippen LogP contribution in [0.3, 0.4) is 0 Å². The fraction of sp³-hybridized carbons (Fsp3) is 0.519. The average Bonchev–Trinajstić information content (AvgIpc) is 3.05. The molecule has 5 rings (SSSR count). The highest BCUT2D eigenvalue weighted by molar-refractivity contribution is 5.87. The molecule has 2 atom stereocenters. The van der Waals surface area contributed by atoms with Crippen LogP contribution in [0.4, 0.5) is 0 Å². The number of hydrogen-bond acceptors (Lipinski definition) is 2. The van der Waals surface area contributed by atoms with Crippen molar-refractivity contribution < 1.29 is 14.6 Å². The number of carbonyl (C=O) groups is 1. The van der Waals surface area contributed by atoms with Crippen molar-refractivity contribution in [1.82, 2.24) is 0 Å². The van der Waals surface area contributed by atoms with Crippen molar-refractivity contribution in [2.75, 3.05) is 0 Å². The average molecular weight is 405 g/mol. The Labute approximate surface area is 179 Å². The molecular weight excluding hydrogens is 372 g/mol. The lowest BCUT2D eigenvalue weighted by Crippen LogP contribution is -2.42. The predicted octanol–water partition coefficient (Wildman–Crippen LogP) is 6.35. The molecule has 0 radical (unpaired) electrons. The van der Waals surface area contributed by atoms with Crippen LogP contribution in [0.25, 0.3) is 0 Å². The summed E-state index contributed by atoms with van der Waals surface area (Å²) in [4.78, 5) is 11.4. The van der Waals surface area contributed by atoms with Gasteiger partial charge in [-0.2, -0.15) is 0 Å². The van der Waals surface area contributed by atoms with Crippen molar-refractivity contribution in [3.63, 3.8) is 0 Å². The molecule has 1 fully saturated rings. The number of aromatic carboxylic acids is 1. The second-order valence-electron chi connectivity index (χ2n) is 10.9. The fourth-order valence-electron chi connectivity index (χ4n) is 6.20. The topological polar surface area (TPSA) is 46.5 Å². The lowest BCUT2D eigenvalue weighted by molar-refractivity contribution is 0.0697. The highest BCUT2D eigenvalue weighted by Gasteiger charge is 2.52. The number of benzene rings is 2. The summed E-state index contributed by atoms with van der Waals surface area (Å²) in [5.41, 5.74) is 5.91. The van der Waals surface area contributed by atoms with Gasteiger partial charge in [-0.1, -0.05) is 52.3 Å². The van der Waals surface area contributed by atoms with E-state index in [0.717, 1.165) is 18.6 Å². The van der Waals surface area contributed by atoms with Gasteiger partial charge < -0.3 is 9.84 Å². The van der Waals surface area contributed by atoms with Gasteiger partial charge >= 0.3 is 5.97 Å². The first-order valence-electron chi connectivity index (χ1n) is 11.4. The van der Waals surface area contributed by atoms with Gasteiger partial charge in [0.15, 0.2) is 0 Å². The summed E-state index contributed by atoms with van der Waals surface area (Å²) in [6.07, 6.45) is 6.97. The number of fused-ring (bicyclic) bond motifs is 4. The summed E-state index contributed by atoms with van der Waals surface area (Å²) >= 11 is 0. The summed E-state index contributed by atoms with van der Waals surface area (Å²) in [6.45, 7) is 9.46. The van der Waals surface area contributed by atoms with E-state index in [4.69, 9.17) is 4.74 Å². The molecule has 30 heavy (non-hydrogen) atoms. The molecule has 0 bridgehead atoms.